The fourth-order valence-corrected chi connectivity index (χ4v) is 2.42. The number of amides is 1. The normalized spacial score (nSPS) is 11.0. The molecule has 0 atom stereocenters. The number of nitrogens with zero attached hydrogens (tertiary/aromatic N) is 4. The number of hydrogen-bond donors (Lipinski definition) is 2. The van der Waals surface area contributed by atoms with Crippen molar-refractivity contribution in [3.63, 3.8) is 0 Å². The van der Waals surface area contributed by atoms with Gasteiger partial charge in [-0.05, 0) is 31.0 Å². The first-order valence-electron chi connectivity index (χ1n) is 7.79. The number of aryl methyl sites for hydroxylation is 2. The zero-order chi connectivity index (χ0) is 17.3. The summed E-state index contributed by atoms with van der Waals surface area (Å²) in [6, 6.07) is 9.28. The van der Waals surface area contributed by atoms with Crippen molar-refractivity contribution in [1.29, 1.82) is 0 Å². The lowest BCUT2D eigenvalue weighted by atomic mass is 10.1. The summed E-state index contributed by atoms with van der Waals surface area (Å²) in [6.45, 7) is 5.93. The van der Waals surface area contributed by atoms with Crippen molar-refractivity contribution < 1.29 is 4.79 Å². The highest BCUT2D eigenvalue weighted by molar-refractivity contribution is 6.05. The van der Waals surface area contributed by atoms with E-state index in [-0.39, 0.29) is 11.8 Å². The minimum atomic E-state index is -0.211. The Morgan fingerprint density at radius 2 is 2.04 bits per heavy atom. The maximum atomic E-state index is 12.6. The molecule has 0 radical (unpaired) electrons. The maximum absolute atomic E-state index is 12.6. The van der Waals surface area contributed by atoms with Crippen molar-refractivity contribution in [1.82, 2.24) is 25.0 Å². The standard InChI is InChI=1S/C17H20N6O/c1-10(2)14-9-15(23(4)22-14)17(24)19-13-8-6-5-7-12(13)16-18-11(3)20-21-16/h5-10H,1-4H3,(H,19,24)(H,18,20,21). The second-order valence-electron chi connectivity index (χ2n) is 5.98. The smallest absolute Gasteiger partial charge is 0.273 e. The zero-order valence-electron chi connectivity index (χ0n) is 14.2. The third-order valence-corrected chi connectivity index (χ3v) is 3.74. The molecule has 7 nitrogen and oxygen atoms in total. The summed E-state index contributed by atoms with van der Waals surface area (Å²) in [7, 11) is 1.77. The first kappa shape index (κ1) is 15.9. The van der Waals surface area contributed by atoms with Crippen LogP contribution < -0.4 is 5.32 Å². The molecule has 0 aliphatic heterocycles. The topological polar surface area (TPSA) is 88.5 Å². The van der Waals surface area contributed by atoms with Crippen molar-refractivity contribution in [2.24, 2.45) is 7.05 Å². The minimum Gasteiger partial charge on any atom is -0.320 e. The summed E-state index contributed by atoms with van der Waals surface area (Å²) in [4.78, 5) is 17.0. The van der Waals surface area contributed by atoms with E-state index in [2.05, 4.69) is 25.6 Å². The van der Waals surface area contributed by atoms with Gasteiger partial charge in [-0.2, -0.15) is 10.2 Å². The molecule has 7 heteroatoms. The van der Waals surface area contributed by atoms with E-state index in [1.165, 1.54) is 0 Å². The molecule has 124 valence electrons. The van der Waals surface area contributed by atoms with Crippen LogP contribution >= 0.6 is 0 Å². The van der Waals surface area contributed by atoms with Gasteiger partial charge in [0.25, 0.3) is 5.91 Å². The predicted octanol–water partition coefficient (Wildman–Crippen LogP) is 2.89. The molecule has 0 unspecified atom stereocenters. The monoisotopic (exact) mass is 324 g/mol. The molecule has 0 spiro atoms. The van der Waals surface area contributed by atoms with Crippen LogP contribution in [0.25, 0.3) is 11.4 Å². The summed E-state index contributed by atoms with van der Waals surface area (Å²) in [5.74, 6) is 1.33. The third kappa shape index (κ3) is 3.05. The van der Waals surface area contributed by atoms with E-state index in [0.29, 0.717) is 17.2 Å². The van der Waals surface area contributed by atoms with Gasteiger partial charge in [0.1, 0.15) is 11.5 Å². The molecular formula is C17H20N6O. The highest BCUT2D eigenvalue weighted by atomic mass is 16.2. The summed E-state index contributed by atoms with van der Waals surface area (Å²) in [5.41, 5.74) is 2.83. The third-order valence-electron chi connectivity index (χ3n) is 3.74. The number of aromatic amines is 1. The zero-order valence-corrected chi connectivity index (χ0v) is 14.2. The molecular weight excluding hydrogens is 304 g/mol. The molecule has 0 saturated heterocycles. The van der Waals surface area contributed by atoms with E-state index < -0.39 is 0 Å². The Labute approximate surface area is 140 Å². The number of H-pyrrole nitrogens is 1. The van der Waals surface area contributed by atoms with E-state index in [1.54, 1.807) is 11.7 Å². The first-order valence-corrected chi connectivity index (χ1v) is 7.79. The molecule has 1 amide bonds. The van der Waals surface area contributed by atoms with Crippen LogP contribution in [0.5, 0.6) is 0 Å². The molecule has 2 N–H and O–H groups in total. The Morgan fingerprint density at radius 3 is 2.67 bits per heavy atom. The van der Waals surface area contributed by atoms with Crippen molar-refractivity contribution in [3.8, 4) is 11.4 Å². The number of aromatic nitrogens is 5. The second-order valence-corrected chi connectivity index (χ2v) is 5.98. The summed E-state index contributed by atoms with van der Waals surface area (Å²) >= 11 is 0. The van der Waals surface area contributed by atoms with Gasteiger partial charge < -0.3 is 5.32 Å². The maximum Gasteiger partial charge on any atom is 0.273 e. The molecule has 3 rings (SSSR count). The molecule has 24 heavy (non-hydrogen) atoms. The van der Waals surface area contributed by atoms with E-state index in [0.717, 1.165) is 17.1 Å². The number of benzene rings is 1. The van der Waals surface area contributed by atoms with E-state index in [4.69, 9.17) is 0 Å². The van der Waals surface area contributed by atoms with Crippen LogP contribution in [0.2, 0.25) is 0 Å². The summed E-state index contributed by atoms with van der Waals surface area (Å²) in [5, 5.41) is 14.3. The molecule has 0 aliphatic carbocycles. The van der Waals surface area contributed by atoms with E-state index in [1.807, 2.05) is 51.1 Å². The van der Waals surface area contributed by atoms with Gasteiger partial charge in [-0.15, -0.1) is 0 Å². The number of carbonyl (C=O) groups excluding carboxylic acids is 1. The van der Waals surface area contributed by atoms with Gasteiger partial charge >= 0.3 is 0 Å². The van der Waals surface area contributed by atoms with Gasteiger partial charge in [0, 0.05) is 12.6 Å². The van der Waals surface area contributed by atoms with Gasteiger partial charge in [-0.25, -0.2) is 4.98 Å². The number of hydrogen-bond acceptors (Lipinski definition) is 4. The fraction of sp³-hybridized carbons (Fsp3) is 0.294. The number of nitrogens with one attached hydrogen (secondary N) is 2. The number of rotatable bonds is 4. The average molecular weight is 324 g/mol. The van der Waals surface area contributed by atoms with Gasteiger partial charge in [0.05, 0.1) is 11.4 Å². The van der Waals surface area contributed by atoms with Crippen LogP contribution in [0.15, 0.2) is 30.3 Å². The lowest BCUT2D eigenvalue weighted by Crippen LogP contribution is -2.16. The molecule has 0 bridgehead atoms. The highest BCUT2D eigenvalue weighted by Gasteiger charge is 2.17. The van der Waals surface area contributed by atoms with Crippen molar-refractivity contribution in [2.45, 2.75) is 26.7 Å². The minimum absolute atomic E-state index is 0.211. The van der Waals surface area contributed by atoms with Crippen LogP contribution in [0.4, 0.5) is 5.69 Å². The highest BCUT2D eigenvalue weighted by Crippen LogP contribution is 2.25. The van der Waals surface area contributed by atoms with Crippen molar-refractivity contribution in [2.75, 3.05) is 5.32 Å². The predicted molar refractivity (Wildman–Crippen MR) is 91.8 cm³/mol. The Bertz CT molecular complexity index is 877. The quantitative estimate of drug-likeness (QED) is 0.772. The van der Waals surface area contributed by atoms with Crippen molar-refractivity contribution >= 4 is 11.6 Å². The SMILES string of the molecule is Cc1nc(-c2ccccc2NC(=O)c2cc(C(C)C)nn2C)n[nH]1. The molecule has 1 aromatic carbocycles. The van der Waals surface area contributed by atoms with Gasteiger partial charge in [0.15, 0.2) is 5.82 Å². The molecule has 0 aliphatic rings. The van der Waals surface area contributed by atoms with Crippen LogP contribution in [0.1, 0.15) is 41.8 Å². The summed E-state index contributed by atoms with van der Waals surface area (Å²) in [6.07, 6.45) is 0. The lowest BCUT2D eigenvalue weighted by molar-refractivity contribution is 0.101. The van der Waals surface area contributed by atoms with Crippen LogP contribution in [-0.4, -0.2) is 30.9 Å². The van der Waals surface area contributed by atoms with Crippen LogP contribution in [-0.2, 0) is 7.05 Å². The van der Waals surface area contributed by atoms with Crippen LogP contribution in [0, 0.1) is 6.92 Å². The Kier molecular flexibility index (Phi) is 4.16. The Balaban J connectivity index is 1.90. The van der Waals surface area contributed by atoms with E-state index in [9.17, 15) is 4.79 Å². The molecule has 0 fully saturated rings. The van der Waals surface area contributed by atoms with E-state index >= 15 is 0 Å². The van der Waals surface area contributed by atoms with Crippen molar-refractivity contribution in [3.05, 3.63) is 47.5 Å². The Hall–Kier alpha value is -2.96. The molecule has 3 aromatic rings. The average Bonchev–Trinajstić information content (AvgIpc) is 3.14. The number of para-hydroxylation sites is 1. The molecule has 2 heterocycles. The largest absolute Gasteiger partial charge is 0.320 e. The summed E-state index contributed by atoms with van der Waals surface area (Å²) < 4.78 is 1.60. The number of anilines is 1. The van der Waals surface area contributed by atoms with Gasteiger partial charge in [0.2, 0.25) is 0 Å². The lowest BCUT2D eigenvalue weighted by Gasteiger charge is -2.08. The van der Waals surface area contributed by atoms with Crippen LogP contribution in [0.3, 0.4) is 0 Å². The number of carbonyl (C=O) groups is 1. The second kappa shape index (κ2) is 6.27. The molecule has 0 saturated carbocycles. The van der Waals surface area contributed by atoms with Gasteiger partial charge in [-0.3, -0.25) is 14.6 Å². The molecule has 2 aromatic heterocycles. The van der Waals surface area contributed by atoms with Gasteiger partial charge in [-0.1, -0.05) is 26.0 Å². The Morgan fingerprint density at radius 1 is 1.29 bits per heavy atom. The fourth-order valence-electron chi connectivity index (χ4n) is 2.42. The first-order chi connectivity index (χ1) is 11.5.